The third kappa shape index (κ3) is 2.14. The van der Waals surface area contributed by atoms with Gasteiger partial charge in [0.1, 0.15) is 6.29 Å². The molecule has 0 aliphatic rings. The molecule has 0 bridgehead atoms. The van der Waals surface area contributed by atoms with Gasteiger partial charge in [0.05, 0.1) is 17.1 Å². The summed E-state index contributed by atoms with van der Waals surface area (Å²) in [5.74, 6) is 0.0963. The normalized spacial score (nSPS) is 9.94. The maximum Gasteiger partial charge on any atom is 0.315 e. The Morgan fingerprint density at radius 2 is 2.25 bits per heavy atom. The number of rotatable bonds is 4. The van der Waals surface area contributed by atoms with E-state index in [1.165, 1.54) is 20.1 Å². The van der Waals surface area contributed by atoms with Crippen molar-refractivity contribution in [2.45, 2.75) is 13.3 Å². The van der Waals surface area contributed by atoms with Crippen LogP contribution in [0, 0.1) is 17.0 Å². The Labute approximate surface area is 97.1 Å². The third-order valence-corrected chi connectivity index (χ3v) is 2.60. The lowest BCUT2D eigenvalue weighted by Gasteiger charge is -2.10. The molecule has 16 heavy (non-hydrogen) atoms. The van der Waals surface area contributed by atoms with Gasteiger partial charge in [-0.25, -0.2) is 0 Å². The number of nitro groups is 1. The van der Waals surface area contributed by atoms with Gasteiger partial charge in [-0.15, -0.1) is 0 Å². The van der Waals surface area contributed by atoms with Crippen molar-refractivity contribution in [3.63, 3.8) is 0 Å². The van der Waals surface area contributed by atoms with Crippen molar-refractivity contribution in [2.75, 3.05) is 7.11 Å². The Morgan fingerprint density at radius 1 is 1.62 bits per heavy atom. The van der Waals surface area contributed by atoms with Gasteiger partial charge in [0.2, 0.25) is 5.75 Å². The van der Waals surface area contributed by atoms with Crippen LogP contribution in [0.4, 0.5) is 5.69 Å². The minimum absolute atomic E-state index is 0.0318. The highest BCUT2D eigenvalue weighted by atomic mass is 35.5. The Kier molecular flexibility index (Phi) is 3.84. The van der Waals surface area contributed by atoms with E-state index in [4.69, 9.17) is 16.3 Å². The number of nitro benzene ring substituents is 1. The summed E-state index contributed by atoms with van der Waals surface area (Å²) in [5.41, 5.74) is 0.560. The van der Waals surface area contributed by atoms with Gasteiger partial charge < -0.3 is 9.53 Å². The smallest absolute Gasteiger partial charge is 0.315 e. The van der Waals surface area contributed by atoms with Gasteiger partial charge in [0, 0.05) is 17.5 Å². The van der Waals surface area contributed by atoms with Crippen LogP contribution in [0.15, 0.2) is 6.07 Å². The molecule has 0 heterocycles. The Morgan fingerprint density at radius 3 is 2.69 bits per heavy atom. The molecular weight excluding hydrogens is 234 g/mol. The second-order valence-corrected chi connectivity index (χ2v) is 3.56. The molecule has 0 fully saturated rings. The Balaban J connectivity index is 3.54. The standard InChI is InChI=1S/C10H10ClNO4/c1-6-8(11)5-7(3-4-13)10(16-2)9(6)12(14)15/h4-5H,3H2,1-2H3. The van der Waals surface area contributed by atoms with E-state index < -0.39 is 4.92 Å². The molecule has 0 N–H and O–H groups in total. The molecule has 0 aliphatic carbocycles. The molecular formula is C10H10ClNO4. The van der Waals surface area contributed by atoms with Crippen LogP contribution < -0.4 is 4.74 Å². The van der Waals surface area contributed by atoms with Gasteiger partial charge in [-0.3, -0.25) is 10.1 Å². The number of aldehydes is 1. The lowest BCUT2D eigenvalue weighted by Crippen LogP contribution is -2.01. The highest BCUT2D eigenvalue weighted by Crippen LogP contribution is 2.38. The number of carbonyl (C=O) groups is 1. The van der Waals surface area contributed by atoms with E-state index in [2.05, 4.69) is 0 Å². The second kappa shape index (κ2) is 4.94. The van der Waals surface area contributed by atoms with Gasteiger partial charge in [-0.1, -0.05) is 11.6 Å². The Hall–Kier alpha value is -1.62. The van der Waals surface area contributed by atoms with E-state index in [0.29, 0.717) is 17.4 Å². The minimum atomic E-state index is -0.561. The van der Waals surface area contributed by atoms with Crippen LogP contribution in [0.25, 0.3) is 0 Å². The minimum Gasteiger partial charge on any atom is -0.490 e. The number of halogens is 1. The monoisotopic (exact) mass is 243 g/mol. The molecule has 0 saturated carbocycles. The van der Waals surface area contributed by atoms with Crippen LogP contribution in [0.1, 0.15) is 11.1 Å². The number of carbonyl (C=O) groups excluding carboxylic acids is 1. The first kappa shape index (κ1) is 12.4. The van der Waals surface area contributed by atoms with Crippen LogP contribution >= 0.6 is 11.6 Å². The largest absolute Gasteiger partial charge is 0.490 e. The number of hydrogen-bond donors (Lipinski definition) is 0. The first-order valence-corrected chi connectivity index (χ1v) is 4.84. The molecule has 0 aliphatic heterocycles. The molecule has 0 radical (unpaired) electrons. The van der Waals surface area contributed by atoms with E-state index in [1.807, 2.05) is 0 Å². The fourth-order valence-corrected chi connectivity index (χ4v) is 1.67. The number of ether oxygens (including phenoxy) is 1. The Bertz CT molecular complexity index is 445. The van der Waals surface area contributed by atoms with Gasteiger partial charge >= 0.3 is 5.69 Å². The molecule has 0 amide bonds. The molecule has 5 nitrogen and oxygen atoms in total. The maximum atomic E-state index is 10.9. The maximum absolute atomic E-state index is 10.9. The number of nitrogens with zero attached hydrogens (tertiary/aromatic N) is 1. The SMILES string of the molecule is COc1c(CC=O)cc(Cl)c(C)c1[N+](=O)[O-]. The molecule has 0 unspecified atom stereocenters. The van der Waals surface area contributed by atoms with Crippen LogP contribution in [-0.4, -0.2) is 18.3 Å². The van der Waals surface area contributed by atoms with Gasteiger partial charge in [-0.05, 0) is 13.0 Å². The summed E-state index contributed by atoms with van der Waals surface area (Å²) in [7, 11) is 1.32. The first-order valence-electron chi connectivity index (χ1n) is 4.46. The molecule has 0 spiro atoms. The molecule has 86 valence electrons. The molecule has 0 aromatic heterocycles. The summed E-state index contributed by atoms with van der Waals surface area (Å²) in [4.78, 5) is 20.8. The summed E-state index contributed by atoms with van der Waals surface area (Å²) in [6, 6.07) is 1.51. The number of benzene rings is 1. The molecule has 6 heteroatoms. The summed E-state index contributed by atoms with van der Waals surface area (Å²) < 4.78 is 4.97. The molecule has 1 rings (SSSR count). The van der Waals surface area contributed by atoms with Crippen LogP contribution in [-0.2, 0) is 11.2 Å². The fourth-order valence-electron chi connectivity index (χ4n) is 1.45. The molecule has 1 aromatic carbocycles. The summed E-state index contributed by atoms with van der Waals surface area (Å²) in [5, 5.41) is 11.1. The quantitative estimate of drug-likeness (QED) is 0.462. The van der Waals surface area contributed by atoms with Crippen molar-refractivity contribution in [1.29, 1.82) is 0 Å². The van der Waals surface area contributed by atoms with E-state index in [-0.39, 0.29) is 22.9 Å². The zero-order valence-electron chi connectivity index (χ0n) is 8.82. The first-order chi connectivity index (χ1) is 7.52. The second-order valence-electron chi connectivity index (χ2n) is 3.15. The van der Waals surface area contributed by atoms with Crippen molar-refractivity contribution in [3.05, 3.63) is 32.3 Å². The van der Waals surface area contributed by atoms with Crippen molar-refractivity contribution < 1.29 is 14.5 Å². The van der Waals surface area contributed by atoms with Crippen LogP contribution in [0.5, 0.6) is 5.75 Å². The van der Waals surface area contributed by atoms with Gasteiger partial charge in [0.25, 0.3) is 0 Å². The molecule has 0 saturated heterocycles. The van der Waals surface area contributed by atoms with E-state index in [9.17, 15) is 14.9 Å². The summed E-state index contributed by atoms with van der Waals surface area (Å²) in [6.07, 6.45) is 0.678. The van der Waals surface area contributed by atoms with Crippen LogP contribution in [0.2, 0.25) is 5.02 Å². The topological polar surface area (TPSA) is 69.4 Å². The summed E-state index contributed by atoms with van der Waals surface area (Å²) in [6.45, 7) is 1.54. The highest BCUT2D eigenvalue weighted by Gasteiger charge is 2.24. The van der Waals surface area contributed by atoms with Crippen molar-refractivity contribution in [1.82, 2.24) is 0 Å². The van der Waals surface area contributed by atoms with Crippen molar-refractivity contribution >= 4 is 23.6 Å². The predicted octanol–water partition coefficient (Wildman–Crippen LogP) is 2.31. The lowest BCUT2D eigenvalue weighted by molar-refractivity contribution is -0.386. The summed E-state index contributed by atoms with van der Waals surface area (Å²) >= 11 is 5.85. The van der Waals surface area contributed by atoms with Crippen molar-refractivity contribution in [2.24, 2.45) is 0 Å². The molecule has 1 aromatic rings. The zero-order chi connectivity index (χ0) is 12.3. The number of hydrogen-bond acceptors (Lipinski definition) is 4. The average molecular weight is 244 g/mol. The van der Waals surface area contributed by atoms with Crippen LogP contribution in [0.3, 0.4) is 0 Å². The third-order valence-electron chi connectivity index (χ3n) is 2.21. The van der Waals surface area contributed by atoms with Gasteiger partial charge in [-0.2, -0.15) is 0 Å². The molecule has 0 atom stereocenters. The van der Waals surface area contributed by atoms with E-state index in [1.54, 1.807) is 0 Å². The van der Waals surface area contributed by atoms with Crippen molar-refractivity contribution in [3.8, 4) is 5.75 Å². The van der Waals surface area contributed by atoms with E-state index in [0.717, 1.165) is 0 Å². The number of methoxy groups -OCH3 is 1. The average Bonchev–Trinajstić information content (AvgIpc) is 2.22. The predicted molar refractivity (Wildman–Crippen MR) is 59.2 cm³/mol. The van der Waals surface area contributed by atoms with E-state index >= 15 is 0 Å². The highest BCUT2D eigenvalue weighted by molar-refractivity contribution is 6.31. The fraction of sp³-hybridized carbons (Fsp3) is 0.300. The lowest BCUT2D eigenvalue weighted by atomic mass is 10.1. The zero-order valence-corrected chi connectivity index (χ0v) is 9.58. The van der Waals surface area contributed by atoms with Gasteiger partial charge in [0.15, 0.2) is 0 Å².